The fraction of sp³-hybridized carbons (Fsp3) is 0.590. The van der Waals surface area contributed by atoms with Gasteiger partial charge in [-0.15, -0.1) is 0 Å². The van der Waals surface area contributed by atoms with Crippen LogP contribution in [0.5, 0.6) is 5.75 Å². The highest BCUT2D eigenvalue weighted by atomic mass is 16.4. The van der Waals surface area contributed by atoms with Crippen LogP contribution in [-0.2, 0) is 81.6 Å². The fourth-order valence-corrected chi connectivity index (χ4v) is 13.8. The fourth-order valence-electron chi connectivity index (χ4n) is 13.8. The van der Waals surface area contributed by atoms with Crippen LogP contribution in [0.25, 0.3) is 10.9 Å². The Morgan fingerprint density at radius 3 is 1.55 bits per heavy atom. The minimum absolute atomic E-state index is 0.0401. The molecule has 15 atom stereocenters. The van der Waals surface area contributed by atoms with E-state index in [0.717, 1.165) is 6.42 Å². The number of aromatic amines is 2. The van der Waals surface area contributed by atoms with Gasteiger partial charge in [0.1, 0.15) is 78.3 Å². The van der Waals surface area contributed by atoms with Crippen molar-refractivity contribution in [2.75, 3.05) is 45.9 Å². The van der Waals surface area contributed by atoms with Crippen molar-refractivity contribution >= 4 is 99.7 Å². The average Bonchev–Trinajstić information content (AvgIpc) is 1.64. The first-order chi connectivity index (χ1) is 56.3. The van der Waals surface area contributed by atoms with Gasteiger partial charge in [0.25, 0.3) is 0 Å². The molecule has 0 spiro atoms. The highest BCUT2D eigenvalue weighted by molar-refractivity contribution is 6.00. The molecule has 2 saturated heterocycles. The Morgan fingerprint density at radius 2 is 1.03 bits per heavy atom. The van der Waals surface area contributed by atoms with Crippen molar-refractivity contribution in [2.24, 2.45) is 35.0 Å². The van der Waals surface area contributed by atoms with E-state index in [-0.39, 0.29) is 133 Å². The molecular formula is C78H121N23O17. The lowest BCUT2D eigenvalue weighted by Crippen LogP contribution is -2.62. The summed E-state index contributed by atoms with van der Waals surface area (Å²) in [7, 11) is 0. The van der Waals surface area contributed by atoms with E-state index in [1.165, 1.54) is 41.7 Å². The van der Waals surface area contributed by atoms with E-state index in [4.69, 9.17) is 28.0 Å². The topological polar surface area (TPSA) is 645 Å². The third-order valence-corrected chi connectivity index (χ3v) is 20.9. The first kappa shape index (κ1) is 95.3. The number of carbonyl (C=O) groups is 13. The number of guanidine groups is 2. The molecule has 4 heterocycles. The highest BCUT2D eigenvalue weighted by Crippen LogP contribution is 2.24. The third kappa shape index (κ3) is 29.9. The predicted molar refractivity (Wildman–Crippen MR) is 434 cm³/mol. The number of H-pyrrole nitrogens is 2. The van der Waals surface area contributed by atoms with E-state index >= 15 is 19.2 Å². The van der Waals surface area contributed by atoms with Crippen LogP contribution in [0.3, 0.4) is 0 Å². The summed E-state index contributed by atoms with van der Waals surface area (Å²) in [5, 5.41) is 95.1. The van der Waals surface area contributed by atoms with Crippen LogP contribution in [0.4, 0.5) is 0 Å². The number of unbranched alkanes of at least 4 members (excludes halogenated alkanes) is 1. The molecule has 4 aromatic rings. The molecule has 0 unspecified atom stereocenters. The Labute approximate surface area is 684 Å². The van der Waals surface area contributed by atoms with Crippen molar-refractivity contribution in [2.45, 2.75) is 229 Å². The van der Waals surface area contributed by atoms with E-state index in [0.29, 0.717) is 53.5 Å². The predicted octanol–water partition coefficient (Wildman–Crippen LogP) is -3.44. The van der Waals surface area contributed by atoms with Gasteiger partial charge in [-0.1, -0.05) is 84.7 Å². The number of nitrogens with two attached hydrogens (primary N) is 3. The molecule has 40 heteroatoms. The van der Waals surface area contributed by atoms with E-state index in [1.807, 2.05) is 0 Å². The van der Waals surface area contributed by atoms with Gasteiger partial charge >= 0.3 is 5.97 Å². The van der Waals surface area contributed by atoms with Crippen LogP contribution in [0.2, 0.25) is 0 Å². The van der Waals surface area contributed by atoms with Crippen molar-refractivity contribution in [1.82, 2.24) is 94.3 Å². The number of para-hydroxylation sites is 1. The van der Waals surface area contributed by atoms with Crippen LogP contribution in [0, 0.1) is 28.6 Å². The maximum Gasteiger partial charge on any atom is 0.326 e. The number of amides is 12. The number of phenols is 1. The number of aromatic hydroxyl groups is 1. The van der Waals surface area contributed by atoms with Gasteiger partial charge in [-0.3, -0.25) is 68.4 Å². The Bertz CT molecular complexity index is 4030. The summed E-state index contributed by atoms with van der Waals surface area (Å²) in [6, 6.07) is -5.30. The molecule has 118 heavy (non-hydrogen) atoms. The van der Waals surface area contributed by atoms with Gasteiger partial charge in [0.2, 0.25) is 70.9 Å². The molecule has 28 N–H and O–H groups in total. The van der Waals surface area contributed by atoms with Crippen molar-refractivity contribution in [3.8, 4) is 5.75 Å². The average molecular weight is 1650 g/mol. The van der Waals surface area contributed by atoms with Crippen LogP contribution in [0.1, 0.15) is 148 Å². The number of aliphatic carboxylic acids is 1. The number of carboxylic acids is 1. The number of fused-ring (bicyclic) bond motifs is 1. The number of benzene rings is 2. The number of carbonyl (C=O) groups excluding carboxylic acids is 12. The smallest absolute Gasteiger partial charge is 0.326 e. The lowest BCUT2D eigenvalue weighted by molar-refractivity contribution is -0.149. The normalized spacial score (nSPS) is 17.2. The summed E-state index contributed by atoms with van der Waals surface area (Å²) in [5.41, 5.74) is 19.0. The van der Waals surface area contributed by atoms with E-state index in [2.05, 4.69) is 89.4 Å². The van der Waals surface area contributed by atoms with Crippen LogP contribution in [0.15, 0.2) is 67.3 Å². The minimum Gasteiger partial charge on any atom is -0.508 e. The molecule has 2 aromatic heterocycles. The van der Waals surface area contributed by atoms with Crippen LogP contribution in [-0.4, -0.2) is 254 Å². The molecule has 0 radical (unpaired) electrons. The van der Waals surface area contributed by atoms with Crippen molar-refractivity contribution < 1.29 is 82.8 Å². The molecule has 40 nitrogen and oxygen atoms in total. The zero-order valence-corrected chi connectivity index (χ0v) is 67.8. The van der Waals surface area contributed by atoms with Gasteiger partial charge in [0.05, 0.1) is 31.3 Å². The summed E-state index contributed by atoms with van der Waals surface area (Å²) < 4.78 is 0. The number of nitrogens with one attached hydrogen (secondary N) is 18. The first-order valence-electron chi connectivity index (χ1n) is 40.3. The highest BCUT2D eigenvalue weighted by Gasteiger charge is 2.42. The second kappa shape index (κ2) is 48.2. The van der Waals surface area contributed by atoms with Gasteiger partial charge in [-0.05, 0) is 137 Å². The number of rotatable bonds is 50. The lowest BCUT2D eigenvalue weighted by Gasteiger charge is -2.31. The second-order valence-electron chi connectivity index (χ2n) is 30.4. The number of carboxylic acid groups (broad SMARTS) is 1. The van der Waals surface area contributed by atoms with Gasteiger partial charge in [-0.25, -0.2) is 9.78 Å². The molecule has 2 aliphatic rings. The molecule has 650 valence electrons. The first-order valence-corrected chi connectivity index (χ1v) is 40.3. The van der Waals surface area contributed by atoms with E-state index in [1.54, 1.807) is 72.0 Å². The molecule has 0 saturated carbocycles. The monoisotopic (exact) mass is 1650 g/mol. The van der Waals surface area contributed by atoms with Crippen molar-refractivity contribution in [3.05, 3.63) is 84.1 Å². The number of aliphatic hydroxyl groups is 2. The molecule has 2 aromatic carbocycles. The summed E-state index contributed by atoms with van der Waals surface area (Å²) in [5.74, 6) is -14.2. The molecule has 12 amide bonds. The third-order valence-electron chi connectivity index (χ3n) is 20.9. The summed E-state index contributed by atoms with van der Waals surface area (Å²) in [6.45, 7) is 9.41. The van der Waals surface area contributed by atoms with Crippen molar-refractivity contribution in [3.63, 3.8) is 0 Å². The minimum atomic E-state index is -1.78. The van der Waals surface area contributed by atoms with Crippen LogP contribution >= 0.6 is 0 Å². The number of imidazole rings is 1. The molecule has 2 aliphatic heterocycles. The largest absolute Gasteiger partial charge is 0.508 e. The Morgan fingerprint density at radius 1 is 0.551 bits per heavy atom. The molecule has 0 aliphatic carbocycles. The van der Waals surface area contributed by atoms with Gasteiger partial charge in [-0.2, -0.15) is 0 Å². The summed E-state index contributed by atoms with van der Waals surface area (Å²) in [6.07, 6.45) is 6.57. The SMILES string of the molecule is CC[C@H](C)[C@H](NC(=O)[C@H](Cc1ccc(O)cc1)NC(=O)[C@H](CCCCN)NC(=O)[C@H](CO)NC(=O)[C@@H](NC(=O)[C@H](Cc1c[nH]cn1)NC(=O)[C@H](CO)NC(=O)[C@@H]1CCCN1)[C@@H](C)CC)C(=O)N[C@@H](CC(C)C)C(=O)N[C@@H](CCCNC(=N)N)C(=O)N[C@@H](Cc1c[nH]c2ccccc12)C(=O)N[C@@H](CCCNC(=N)N)C(=O)N1CCC[C@H]1C(=O)O. The Balaban J connectivity index is 1.24. The Kier molecular flexibility index (Phi) is 39.0. The van der Waals surface area contributed by atoms with Gasteiger partial charge < -0.3 is 127 Å². The zero-order valence-electron chi connectivity index (χ0n) is 67.8. The maximum atomic E-state index is 15.1. The van der Waals surface area contributed by atoms with E-state index < -0.39 is 180 Å². The number of phenolic OH excluding ortho intramolecular Hbond substituents is 1. The maximum absolute atomic E-state index is 15.1. The summed E-state index contributed by atoms with van der Waals surface area (Å²) in [4.78, 5) is 198. The number of hydrogen-bond donors (Lipinski definition) is 25. The number of nitrogens with zero attached hydrogens (tertiary/aromatic N) is 2. The molecule has 2 fully saturated rings. The standard InChI is InChI=1S/C78H121N23O17/c1-7-43(5)62(73(114)96-55(33-42(3)4)67(108)90-53(21-14-30-86-77(80)81)66(107)94-57(35-46-37-88-50-18-10-9-17-49(46)50)68(109)92-54(22-15-31-87-78(82)83)75(116)101-32-16-23-61(101)76(117)118)99-69(110)56(34-45-24-26-48(104)27-25-45)93-65(106)52(19-11-12-28-79)91-71(112)60(40-103)98-74(115)63(44(6)8-2)100-70(111)58(36-47-38-84-41-89-47)95-72(113)59(39-102)97-64(105)51-20-13-29-85-51/h9-10,17-18,24-27,37-38,41-44,51-63,85,88,102-104H,7-8,11-16,19-23,28-36,39-40,79H2,1-6H3,(H,84,89)(H,90,108)(H,91,112)(H,92,109)(H,93,106)(H,94,107)(H,95,113)(H,96,114)(H,97,105)(H,98,115)(H,99,110)(H,100,111)(H,117,118)(H4,80,81,86)(H4,82,83,87)/t43-,44-,51-,52-,53-,54-,55-,56-,57-,58-,59-,60-,61-,62-,63-/m0/s1. The molecule has 6 rings (SSSR count). The number of hydrogen-bond acceptors (Lipinski definition) is 21. The van der Waals surface area contributed by atoms with E-state index in [9.17, 15) is 63.6 Å². The van der Waals surface area contributed by atoms with Crippen molar-refractivity contribution in [1.29, 1.82) is 10.8 Å². The lowest BCUT2D eigenvalue weighted by atomic mass is 9.95. The van der Waals surface area contributed by atoms with Crippen LogP contribution < -0.4 is 91.6 Å². The Hall–Kier alpha value is -11.5. The zero-order chi connectivity index (χ0) is 86.7. The molecule has 0 bridgehead atoms. The number of likely N-dealkylation sites (tertiary alicyclic amines) is 1. The van der Waals surface area contributed by atoms with Gasteiger partial charge in [0.15, 0.2) is 11.9 Å². The summed E-state index contributed by atoms with van der Waals surface area (Å²) >= 11 is 0. The number of aliphatic hydroxyl groups excluding tert-OH is 2. The molecular weight excluding hydrogens is 1530 g/mol. The number of aromatic nitrogens is 3. The quantitative estimate of drug-likeness (QED) is 0.0116. The second-order valence-corrected chi connectivity index (χ2v) is 30.4. The van der Waals surface area contributed by atoms with Gasteiger partial charge in [0, 0.05) is 62.2 Å².